The standard InChI is InChI=1S/C17H27NO3/c1-12-4-5-13(2)17(8-12)21-11-15(19)10-18-14-6-7-16(9-14)20-3/h4-5,8,14-16,18-19H,6-7,9-11H2,1-3H3. The average Bonchev–Trinajstić information content (AvgIpc) is 2.94. The van der Waals surface area contributed by atoms with Crippen molar-refractivity contribution in [1.82, 2.24) is 5.32 Å². The minimum absolute atomic E-state index is 0.317. The predicted molar refractivity (Wildman–Crippen MR) is 83.9 cm³/mol. The molecule has 1 fully saturated rings. The molecule has 0 bridgehead atoms. The maximum atomic E-state index is 10.0. The summed E-state index contributed by atoms with van der Waals surface area (Å²) in [5, 5.41) is 13.4. The molecule has 0 heterocycles. The van der Waals surface area contributed by atoms with E-state index in [0.717, 1.165) is 30.6 Å². The Labute approximate surface area is 127 Å². The molecule has 4 nitrogen and oxygen atoms in total. The van der Waals surface area contributed by atoms with Crippen molar-refractivity contribution < 1.29 is 14.6 Å². The van der Waals surface area contributed by atoms with Crippen LogP contribution in [0.25, 0.3) is 0 Å². The number of nitrogens with one attached hydrogen (secondary N) is 1. The molecular weight excluding hydrogens is 266 g/mol. The van der Waals surface area contributed by atoms with Gasteiger partial charge in [0.05, 0.1) is 6.10 Å². The van der Waals surface area contributed by atoms with Crippen LogP contribution in [-0.4, -0.2) is 43.6 Å². The summed E-state index contributed by atoms with van der Waals surface area (Å²) in [6.07, 6.45) is 3.12. The smallest absolute Gasteiger partial charge is 0.122 e. The molecule has 21 heavy (non-hydrogen) atoms. The van der Waals surface area contributed by atoms with Crippen LogP contribution in [0.5, 0.6) is 5.75 Å². The fourth-order valence-corrected chi connectivity index (χ4v) is 2.75. The summed E-state index contributed by atoms with van der Waals surface area (Å²) in [7, 11) is 1.76. The van der Waals surface area contributed by atoms with Gasteiger partial charge in [0.2, 0.25) is 0 Å². The summed E-state index contributed by atoms with van der Waals surface area (Å²) in [5.41, 5.74) is 2.26. The Kier molecular flexibility index (Phi) is 6.03. The fraction of sp³-hybridized carbons (Fsp3) is 0.647. The zero-order valence-corrected chi connectivity index (χ0v) is 13.3. The van der Waals surface area contributed by atoms with E-state index in [1.54, 1.807) is 7.11 Å². The Morgan fingerprint density at radius 2 is 2.14 bits per heavy atom. The van der Waals surface area contributed by atoms with Crippen LogP contribution in [0.2, 0.25) is 0 Å². The quantitative estimate of drug-likeness (QED) is 0.809. The highest BCUT2D eigenvalue weighted by molar-refractivity contribution is 5.35. The summed E-state index contributed by atoms with van der Waals surface area (Å²) >= 11 is 0. The highest BCUT2D eigenvalue weighted by atomic mass is 16.5. The summed E-state index contributed by atoms with van der Waals surface area (Å²) in [6.45, 7) is 4.93. The van der Waals surface area contributed by atoms with Crippen LogP contribution in [0.3, 0.4) is 0 Å². The van der Waals surface area contributed by atoms with Gasteiger partial charge in [-0.1, -0.05) is 12.1 Å². The van der Waals surface area contributed by atoms with Crippen molar-refractivity contribution >= 4 is 0 Å². The molecule has 0 aromatic heterocycles. The highest BCUT2D eigenvalue weighted by Gasteiger charge is 2.24. The van der Waals surface area contributed by atoms with Gasteiger partial charge in [-0.25, -0.2) is 0 Å². The lowest BCUT2D eigenvalue weighted by atomic mass is 10.1. The minimum Gasteiger partial charge on any atom is -0.491 e. The van der Waals surface area contributed by atoms with Gasteiger partial charge in [0.15, 0.2) is 0 Å². The lowest BCUT2D eigenvalue weighted by molar-refractivity contribution is 0.0964. The first-order chi connectivity index (χ1) is 10.1. The molecular formula is C17H27NO3. The highest BCUT2D eigenvalue weighted by Crippen LogP contribution is 2.21. The zero-order chi connectivity index (χ0) is 15.2. The predicted octanol–water partition coefficient (Wildman–Crippen LogP) is 2.20. The maximum absolute atomic E-state index is 10.0. The van der Waals surface area contributed by atoms with Crippen LogP contribution in [0, 0.1) is 13.8 Å². The van der Waals surface area contributed by atoms with Crippen LogP contribution in [0.1, 0.15) is 30.4 Å². The molecule has 0 spiro atoms. The molecule has 1 aliphatic rings. The van der Waals surface area contributed by atoms with Crippen LogP contribution >= 0.6 is 0 Å². The van der Waals surface area contributed by atoms with Gasteiger partial charge in [0.1, 0.15) is 18.5 Å². The molecule has 0 radical (unpaired) electrons. The molecule has 1 aliphatic carbocycles. The third-order valence-electron chi connectivity index (χ3n) is 4.13. The molecule has 2 N–H and O–H groups in total. The number of rotatable bonds is 7. The van der Waals surface area contributed by atoms with E-state index in [1.165, 1.54) is 5.56 Å². The van der Waals surface area contributed by atoms with Gasteiger partial charge in [-0.15, -0.1) is 0 Å². The van der Waals surface area contributed by atoms with Crippen molar-refractivity contribution in [3.63, 3.8) is 0 Å². The van der Waals surface area contributed by atoms with Gasteiger partial charge in [-0.3, -0.25) is 0 Å². The van der Waals surface area contributed by atoms with Crippen LogP contribution in [0.15, 0.2) is 18.2 Å². The van der Waals surface area contributed by atoms with Gasteiger partial charge >= 0.3 is 0 Å². The second kappa shape index (κ2) is 7.78. The molecule has 0 amide bonds. The maximum Gasteiger partial charge on any atom is 0.122 e. The number of hydrogen-bond donors (Lipinski definition) is 2. The zero-order valence-electron chi connectivity index (χ0n) is 13.3. The van der Waals surface area contributed by atoms with Crippen LogP contribution < -0.4 is 10.1 Å². The summed E-state index contributed by atoms with van der Waals surface area (Å²) < 4.78 is 11.1. The summed E-state index contributed by atoms with van der Waals surface area (Å²) in [6, 6.07) is 6.56. The Bertz CT molecular complexity index is 450. The summed E-state index contributed by atoms with van der Waals surface area (Å²) in [4.78, 5) is 0. The van der Waals surface area contributed by atoms with Crippen molar-refractivity contribution in [2.45, 2.75) is 51.4 Å². The van der Waals surface area contributed by atoms with Crippen molar-refractivity contribution in [2.75, 3.05) is 20.3 Å². The second-order valence-electron chi connectivity index (χ2n) is 6.01. The monoisotopic (exact) mass is 293 g/mol. The van der Waals surface area contributed by atoms with E-state index < -0.39 is 6.10 Å². The van der Waals surface area contributed by atoms with E-state index in [9.17, 15) is 5.11 Å². The third kappa shape index (κ3) is 4.99. The van der Waals surface area contributed by atoms with Crippen molar-refractivity contribution in [2.24, 2.45) is 0 Å². The van der Waals surface area contributed by atoms with Gasteiger partial charge in [-0.05, 0) is 50.3 Å². The molecule has 3 unspecified atom stereocenters. The molecule has 3 atom stereocenters. The molecule has 0 saturated heterocycles. The Hall–Kier alpha value is -1.10. The second-order valence-corrected chi connectivity index (χ2v) is 6.01. The molecule has 2 rings (SSSR count). The Balaban J connectivity index is 1.70. The fourth-order valence-electron chi connectivity index (χ4n) is 2.75. The number of benzene rings is 1. The Morgan fingerprint density at radius 1 is 1.33 bits per heavy atom. The van der Waals surface area contributed by atoms with Crippen molar-refractivity contribution in [1.29, 1.82) is 0 Å². The molecule has 118 valence electrons. The molecule has 0 aliphatic heterocycles. The number of methoxy groups -OCH3 is 1. The van der Waals surface area contributed by atoms with Gasteiger partial charge in [0, 0.05) is 19.7 Å². The summed E-state index contributed by atoms with van der Waals surface area (Å²) in [5.74, 6) is 0.856. The number of hydrogen-bond acceptors (Lipinski definition) is 4. The van der Waals surface area contributed by atoms with E-state index in [0.29, 0.717) is 25.3 Å². The number of aliphatic hydroxyl groups excluding tert-OH is 1. The van der Waals surface area contributed by atoms with E-state index >= 15 is 0 Å². The van der Waals surface area contributed by atoms with Gasteiger partial charge in [-0.2, -0.15) is 0 Å². The number of aliphatic hydroxyl groups is 1. The van der Waals surface area contributed by atoms with Gasteiger partial charge < -0.3 is 19.9 Å². The van der Waals surface area contributed by atoms with E-state index in [1.807, 2.05) is 26.0 Å². The van der Waals surface area contributed by atoms with Crippen molar-refractivity contribution in [3.8, 4) is 5.75 Å². The van der Waals surface area contributed by atoms with Crippen LogP contribution in [-0.2, 0) is 4.74 Å². The number of ether oxygens (including phenoxy) is 2. The SMILES string of the molecule is COC1CCC(NCC(O)COc2cc(C)ccc2C)C1. The lowest BCUT2D eigenvalue weighted by Gasteiger charge is -2.18. The molecule has 1 aromatic carbocycles. The molecule has 1 saturated carbocycles. The Morgan fingerprint density at radius 3 is 2.86 bits per heavy atom. The van der Waals surface area contributed by atoms with E-state index in [2.05, 4.69) is 11.4 Å². The first kappa shape index (κ1) is 16.3. The lowest BCUT2D eigenvalue weighted by Crippen LogP contribution is -2.37. The third-order valence-corrected chi connectivity index (χ3v) is 4.13. The van der Waals surface area contributed by atoms with E-state index in [-0.39, 0.29) is 0 Å². The van der Waals surface area contributed by atoms with Crippen molar-refractivity contribution in [3.05, 3.63) is 29.3 Å². The number of aryl methyl sites for hydroxylation is 2. The normalized spacial score (nSPS) is 23.2. The van der Waals surface area contributed by atoms with Gasteiger partial charge in [0.25, 0.3) is 0 Å². The molecule has 1 aromatic rings. The minimum atomic E-state index is -0.494. The average molecular weight is 293 g/mol. The first-order valence-electron chi connectivity index (χ1n) is 7.72. The topological polar surface area (TPSA) is 50.7 Å². The first-order valence-corrected chi connectivity index (χ1v) is 7.72. The van der Waals surface area contributed by atoms with Crippen LogP contribution in [0.4, 0.5) is 0 Å². The largest absolute Gasteiger partial charge is 0.491 e. The van der Waals surface area contributed by atoms with E-state index in [4.69, 9.17) is 9.47 Å². The molecule has 4 heteroatoms.